The number of aromatic nitrogens is 2. The highest BCUT2D eigenvalue weighted by Gasteiger charge is 2.14. The molecule has 0 aliphatic heterocycles. The molecule has 0 atom stereocenters. The molecule has 0 aliphatic carbocycles. The molecular weight excluding hydrogens is 290 g/mol. The number of nitrogens with one attached hydrogen (secondary N) is 1. The molecule has 0 saturated carbocycles. The van der Waals surface area contributed by atoms with E-state index in [9.17, 15) is 4.79 Å². The zero-order valence-electron chi connectivity index (χ0n) is 13.7. The Morgan fingerprint density at radius 1 is 1.39 bits per heavy atom. The summed E-state index contributed by atoms with van der Waals surface area (Å²) in [7, 11) is 3.60. The third-order valence-corrected chi connectivity index (χ3v) is 3.38. The van der Waals surface area contributed by atoms with Gasteiger partial charge in [0.15, 0.2) is 0 Å². The van der Waals surface area contributed by atoms with E-state index in [0.717, 1.165) is 35.6 Å². The molecule has 0 fully saturated rings. The summed E-state index contributed by atoms with van der Waals surface area (Å²) in [5.74, 6) is -0.235. The largest absolute Gasteiger partial charge is 0.372 e. The van der Waals surface area contributed by atoms with E-state index >= 15 is 0 Å². The van der Waals surface area contributed by atoms with Crippen LogP contribution in [0.5, 0.6) is 0 Å². The number of benzene rings is 1. The van der Waals surface area contributed by atoms with Gasteiger partial charge < -0.3 is 10.2 Å². The van der Waals surface area contributed by atoms with Crippen LogP contribution in [-0.4, -0.2) is 42.7 Å². The minimum absolute atomic E-state index is 0.235. The van der Waals surface area contributed by atoms with E-state index < -0.39 is 0 Å². The van der Waals surface area contributed by atoms with Crippen molar-refractivity contribution >= 4 is 23.5 Å². The highest BCUT2D eigenvalue weighted by atomic mass is 16.1. The molecule has 0 radical (unpaired) electrons. The van der Waals surface area contributed by atoms with E-state index in [1.165, 1.54) is 12.5 Å². The Labute approximate surface area is 136 Å². The van der Waals surface area contributed by atoms with Gasteiger partial charge in [-0.05, 0) is 18.6 Å². The van der Waals surface area contributed by atoms with Gasteiger partial charge in [-0.1, -0.05) is 19.1 Å². The molecule has 0 saturated heterocycles. The summed E-state index contributed by atoms with van der Waals surface area (Å²) in [5, 5.41) is 2.53. The number of hydrogen-bond acceptors (Lipinski definition) is 5. The van der Waals surface area contributed by atoms with Crippen molar-refractivity contribution in [2.75, 3.05) is 25.5 Å². The normalized spacial score (nSPS) is 10.7. The Kier molecular flexibility index (Phi) is 5.80. The molecule has 6 nitrogen and oxygen atoms in total. The number of hydrogen-bond donors (Lipinski definition) is 1. The fraction of sp³-hybridized carbons (Fsp3) is 0.294. The zero-order valence-corrected chi connectivity index (χ0v) is 13.7. The predicted molar refractivity (Wildman–Crippen MR) is 93.2 cm³/mol. The van der Waals surface area contributed by atoms with Crippen LogP contribution in [-0.2, 0) is 4.79 Å². The number of nitrogens with zero attached hydrogens (tertiary/aromatic N) is 4. The zero-order chi connectivity index (χ0) is 16.7. The summed E-state index contributed by atoms with van der Waals surface area (Å²) in [6.07, 6.45) is 5.54. The third-order valence-electron chi connectivity index (χ3n) is 3.38. The van der Waals surface area contributed by atoms with Crippen LogP contribution in [0, 0.1) is 0 Å². The fourth-order valence-corrected chi connectivity index (χ4v) is 2.33. The van der Waals surface area contributed by atoms with Gasteiger partial charge in [0, 0.05) is 32.4 Å². The molecule has 2 aromatic rings. The molecule has 120 valence electrons. The lowest BCUT2D eigenvalue weighted by Gasteiger charge is -2.23. The van der Waals surface area contributed by atoms with Gasteiger partial charge >= 0.3 is 0 Å². The number of amides is 1. The van der Waals surface area contributed by atoms with Gasteiger partial charge in [-0.3, -0.25) is 4.79 Å². The molecule has 6 heteroatoms. The Morgan fingerprint density at radius 2 is 2.22 bits per heavy atom. The van der Waals surface area contributed by atoms with Crippen LogP contribution in [0.3, 0.4) is 0 Å². The Morgan fingerprint density at radius 3 is 2.87 bits per heavy atom. The predicted octanol–water partition coefficient (Wildman–Crippen LogP) is 2.44. The molecule has 1 heterocycles. The van der Waals surface area contributed by atoms with Crippen LogP contribution in [0.1, 0.15) is 13.3 Å². The van der Waals surface area contributed by atoms with Crippen molar-refractivity contribution in [3.63, 3.8) is 0 Å². The quantitative estimate of drug-likeness (QED) is 0.832. The first kappa shape index (κ1) is 16.6. The number of rotatable bonds is 6. The SMILES string of the molecule is CCCN(C)c1c(N=CC(=O)NC)cccc1-c1ccncn1. The van der Waals surface area contributed by atoms with E-state index in [4.69, 9.17) is 0 Å². The van der Waals surface area contributed by atoms with Crippen molar-refractivity contribution in [2.24, 2.45) is 4.99 Å². The minimum Gasteiger partial charge on any atom is -0.372 e. The number of aliphatic imine (C=N–C) groups is 1. The second-order valence-electron chi connectivity index (χ2n) is 5.06. The number of carbonyl (C=O) groups excluding carboxylic acids is 1. The first-order valence-electron chi connectivity index (χ1n) is 7.53. The molecular formula is C17H21N5O. The van der Waals surface area contributed by atoms with Gasteiger partial charge in [-0.2, -0.15) is 0 Å². The van der Waals surface area contributed by atoms with Gasteiger partial charge in [0.05, 0.1) is 23.3 Å². The van der Waals surface area contributed by atoms with E-state index in [0.29, 0.717) is 0 Å². The average molecular weight is 311 g/mol. The third kappa shape index (κ3) is 4.12. The molecule has 1 N–H and O–H groups in total. The standard InChI is InChI=1S/C17H21N5O/c1-4-10-22(3)17-13(14-8-9-19-12-21-14)6-5-7-15(17)20-11-16(23)18-2/h5-9,11-12H,4,10H2,1-3H3,(H,18,23). The molecule has 0 unspecified atom stereocenters. The maximum absolute atomic E-state index is 11.5. The maximum atomic E-state index is 11.5. The van der Waals surface area contributed by atoms with E-state index in [1.54, 1.807) is 13.2 Å². The van der Waals surface area contributed by atoms with Gasteiger partial charge in [-0.15, -0.1) is 0 Å². The van der Waals surface area contributed by atoms with E-state index in [2.05, 4.69) is 32.1 Å². The Bertz CT molecular complexity index is 685. The summed E-state index contributed by atoms with van der Waals surface area (Å²) in [4.78, 5) is 26.2. The summed E-state index contributed by atoms with van der Waals surface area (Å²) in [5.41, 5.74) is 3.48. The lowest BCUT2D eigenvalue weighted by molar-refractivity contribution is -0.113. The van der Waals surface area contributed by atoms with Crippen molar-refractivity contribution in [3.8, 4) is 11.3 Å². The number of anilines is 1. The van der Waals surface area contributed by atoms with Crippen LogP contribution in [0.4, 0.5) is 11.4 Å². The summed E-state index contributed by atoms with van der Waals surface area (Å²) >= 11 is 0. The molecule has 1 aromatic heterocycles. The summed E-state index contributed by atoms with van der Waals surface area (Å²) in [6.45, 7) is 3.00. The number of para-hydroxylation sites is 1. The van der Waals surface area contributed by atoms with Crippen molar-refractivity contribution < 1.29 is 4.79 Å². The Balaban J connectivity index is 2.54. The number of carbonyl (C=O) groups is 1. The summed E-state index contributed by atoms with van der Waals surface area (Å²) < 4.78 is 0. The van der Waals surface area contributed by atoms with Gasteiger partial charge in [-0.25, -0.2) is 15.0 Å². The van der Waals surface area contributed by atoms with Crippen molar-refractivity contribution in [1.29, 1.82) is 0 Å². The van der Waals surface area contributed by atoms with Crippen LogP contribution in [0.25, 0.3) is 11.3 Å². The van der Waals surface area contributed by atoms with E-state index in [-0.39, 0.29) is 5.91 Å². The van der Waals surface area contributed by atoms with Gasteiger partial charge in [0.1, 0.15) is 6.33 Å². The highest BCUT2D eigenvalue weighted by molar-refractivity contribution is 6.26. The first-order valence-corrected chi connectivity index (χ1v) is 7.53. The average Bonchev–Trinajstić information content (AvgIpc) is 2.60. The second-order valence-corrected chi connectivity index (χ2v) is 5.06. The molecule has 1 aromatic carbocycles. The lowest BCUT2D eigenvalue weighted by atomic mass is 10.1. The molecule has 0 spiro atoms. The summed E-state index contributed by atoms with van der Waals surface area (Å²) in [6, 6.07) is 7.68. The van der Waals surface area contributed by atoms with Gasteiger partial charge in [0.2, 0.25) is 0 Å². The smallest absolute Gasteiger partial charge is 0.262 e. The van der Waals surface area contributed by atoms with Gasteiger partial charge in [0.25, 0.3) is 5.91 Å². The minimum atomic E-state index is -0.235. The van der Waals surface area contributed by atoms with Crippen molar-refractivity contribution in [2.45, 2.75) is 13.3 Å². The molecule has 2 rings (SSSR count). The maximum Gasteiger partial charge on any atom is 0.262 e. The van der Waals surface area contributed by atoms with Crippen LogP contribution in [0.15, 0.2) is 41.8 Å². The monoisotopic (exact) mass is 311 g/mol. The van der Waals surface area contributed by atoms with Crippen molar-refractivity contribution in [1.82, 2.24) is 15.3 Å². The molecule has 1 amide bonds. The van der Waals surface area contributed by atoms with Crippen LogP contribution >= 0.6 is 0 Å². The highest BCUT2D eigenvalue weighted by Crippen LogP contribution is 2.37. The Hall–Kier alpha value is -2.76. The topological polar surface area (TPSA) is 70.5 Å². The van der Waals surface area contributed by atoms with Crippen LogP contribution in [0.2, 0.25) is 0 Å². The second kappa shape index (κ2) is 8.03. The molecule has 23 heavy (non-hydrogen) atoms. The van der Waals surface area contributed by atoms with E-state index in [1.807, 2.05) is 31.3 Å². The lowest BCUT2D eigenvalue weighted by Crippen LogP contribution is -2.20. The fourth-order valence-electron chi connectivity index (χ4n) is 2.33. The molecule has 0 bridgehead atoms. The van der Waals surface area contributed by atoms with Crippen molar-refractivity contribution in [3.05, 3.63) is 36.8 Å². The van der Waals surface area contributed by atoms with Crippen LogP contribution < -0.4 is 10.2 Å². The molecule has 0 aliphatic rings. The first-order chi connectivity index (χ1) is 11.2.